The summed E-state index contributed by atoms with van der Waals surface area (Å²) in [5.74, 6) is 0.0223. The first kappa shape index (κ1) is 13.0. The van der Waals surface area contributed by atoms with Crippen molar-refractivity contribution in [2.75, 3.05) is 36.6 Å². The number of methoxy groups -OCH3 is 1. The number of rotatable bonds is 4. The van der Waals surface area contributed by atoms with E-state index in [1.165, 1.54) is 7.11 Å². The maximum atomic E-state index is 11.2. The summed E-state index contributed by atoms with van der Waals surface area (Å²) < 4.78 is 9.77. The van der Waals surface area contributed by atoms with E-state index >= 15 is 0 Å². The third-order valence-corrected chi connectivity index (χ3v) is 2.66. The maximum Gasteiger partial charge on any atom is 0.307 e. The normalized spacial score (nSPS) is 13.0. The van der Waals surface area contributed by atoms with Crippen LogP contribution in [0.15, 0.2) is 12.1 Å². The van der Waals surface area contributed by atoms with E-state index in [2.05, 4.69) is 15.4 Å². The van der Waals surface area contributed by atoms with Crippen molar-refractivity contribution in [3.8, 4) is 5.75 Å². The average Bonchev–Trinajstić information content (AvgIpc) is 2.39. The molecule has 0 aromatic heterocycles. The van der Waals surface area contributed by atoms with Gasteiger partial charge in [0.15, 0.2) is 6.61 Å². The third-order valence-electron chi connectivity index (χ3n) is 2.66. The summed E-state index contributed by atoms with van der Waals surface area (Å²) in [5.41, 5.74) is 7.54. The number of anilines is 3. The fraction of sp³-hybridized carbons (Fsp3) is 0.333. The highest BCUT2D eigenvalue weighted by Crippen LogP contribution is 2.35. The summed E-state index contributed by atoms with van der Waals surface area (Å²) >= 11 is 0. The summed E-state index contributed by atoms with van der Waals surface area (Å²) in [6.07, 6.45) is 0.232. The van der Waals surface area contributed by atoms with E-state index in [-0.39, 0.29) is 24.9 Å². The van der Waals surface area contributed by atoms with Crippen LogP contribution < -0.4 is 21.1 Å². The molecular weight excluding hydrogens is 250 g/mol. The molecule has 0 aliphatic carbocycles. The Bertz CT molecular complexity index is 516. The third kappa shape index (κ3) is 3.06. The molecule has 0 saturated carbocycles. The van der Waals surface area contributed by atoms with Gasteiger partial charge < -0.3 is 25.8 Å². The first-order valence-corrected chi connectivity index (χ1v) is 5.77. The second-order valence-electron chi connectivity index (χ2n) is 4.03. The molecule has 0 spiro atoms. The molecule has 1 heterocycles. The van der Waals surface area contributed by atoms with E-state index in [9.17, 15) is 9.59 Å². The predicted octanol–water partition coefficient (Wildman–Crippen LogP) is 0.575. The van der Waals surface area contributed by atoms with Gasteiger partial charge >= 0.3 is 5.97 Å². The number of fused-ring (bicyclic) bond motifs is 1. The number of hydrogen-bond donors (Lipinski definition) is 3. The van der Waals surface area contributed by atoms with E-state index < -0.39 is 0 Å². The van der Waals surface area contributed by atoms with E-state index in [0.717, 1.165) is 0 Å². The molecule has 1 aliphatic heterocycles. The van der Waals surface area contributed by atoms with Crippen LogP contribution >= 0.6 is 0 Å². The standard InChI is InChI=1S/C12H15N3O4/c1-18-12(17)2-3-14-8-5-9-10(4-7(8)13)19-6-11(16)15-9/h4-5,14H,2-3,6,13H2,1H3,(H,15,16). The number of nitrogen functional groups attached to an aromatic ring is 1. The van der Waals surface area contributed by atoms with Gasteiger partial charge in [0.1, 0.15) is 5.75 Å². The van der Waals surface area contributed by atoms with Crippen LogP contribution in [0, 0.1) is 0 Å². The van der Waals surface area contributed by atoms with Crippen molar-refractivity contribution in [3.63, 3.8) is 0 Å². The monoisotopic (exact) mass is 265 g/mol. The molecule has 7 heteroatoms. The Morgan fingerprint density at radius 1 is 1.58 bits per heavy atom. The Hall–Kier alpha value is -2.44. The van der Waals surface area contributed by atoms with Crippen molar-refractivity contribution in [3.05, 3.63) is 12.1 Å². The van der Waals surface area contributed by atoms with Crippen LogP contribution in [0.25, 0.3) is 0 Å². The molecule has 102 valence electrons. The Morgan fingerprint density at radius 2 is 2.37 bits per heavy atom. The van der Waals surface area contributed by atoms with Crippen LogP contribution in [-0.4, -0.2) is 32.1 Å². The predicted molar refractivity (Wildman–Crippen MR) is 70.1 cm³/mol. The van der Waals surface area contributed by atoms with Gasteiger partial charge in [-0.3, -0.25) is 9.59 Å². The van der Waals surface area contributed by atoms with Crippen LogP contribution in [0.3, 0.4) is 0 Å². The van der Waals surface area contributed by atoms with Crippen molar-refractivity contribution >= 4 is 28.9 Å². The highest BCUT2D eigenvalue weighted by Gasteiger charge is 2.17. The van der Waals surface area contributed by atoms with E-state index in [0.29, 0.717) is 29.4 Å². The molecule has 0 fully saturated rings. The van der Waals surface area contributed by atoms with E-state index in [1.54, 1.807) is 12.1 Å². The zero-order valence-corrected chi connectivity index (χ0v) is 10.5. The summed E-state index contributed by atoms with van der Waals surface area (Å²) in [6.45, 7) is 0.381. The summed E-state index contributed by atoms with van der Waals surface area (Å²) in [4.78, 5) is 22.2. The zero-order valence-electron chi connectivity index (χ0n) is 10.5. The van der Waals surface area contributed by atoms with Crippen LogP contribution in [-0.2, 0) is 14.3 Å². The second-order valence-corrected chi connectivity index (χ2v) is 4.03. The van der Waals surface area contributed by atoms with Crippen LogP contribution in [0.2, 0.25) is 0 Å². The number of ether oxygens (including phenoxy) is 2. The van der Waals surface area contributed by atoms with Gasteiger partial charge in [-0.25, -0.2) is 0 Å². The second kappa shape index (κ2) is 5.47. The largest absolute Gasteiger partial charge is 0.482 e. The average molecular weight is 265 g/mol. The molecule has 0 atom stereocenters. The highest BCUT2D eigenvalue weighted by molar-refractivity contribution is 5.97. The number of esters is 1. The first-order chi connectivity index (χ1) is 9.10. The first-order valence-electron chi connectivity index (χ1n) is 5.77. The fourth-order valence-corrected chi connectivity index (χ4v) is 1.70. The number of hydrogen-bond acceptors (Lipinski definition) is 6. The van der Waals surface area contributed by atoms with Gasteiger partial charge in [-0.1, -0.05) is 0 Å². The number of carbonyl (C=O) groups excluding carboxylic acids is 2. The number of amides is 1. The Balaban J connectivity index is 2.07. The van der Waals surface area contributed by atoms with Crippen molar-refractivity contribution in [2.45, 2.75) is 6.42 Å². The number of benzene rings is 1. The van der Waals surface area contributed by atoms with Gasteiger partial charge in [-0.2, -0.15) is 0 Å². The zero-order chi connectivity index (χ0) is 13.8. The molecule has 1 aromatic rings. The van der Waals surface area contributed by atoms with Crippen molar-refractivity contribution in [2.24, 2.45) is 0 Å². The smallest absolute Gasteiger partial charge is 0.307 e. The molecule has 1 aliphatic rings. The Kier molecular flexibility index (Phi) is 3.74. The topological polar surface area (TPSA) is 103 Å². The van der Waals surface area contributed by atoms with E-state index in [4.69, 9.17) is 10.5 Å². The molecule has 1 amide bonds. The van der Waals surface area contributed by atoms with Gasteiger partial charge in [0.05, 0.1) is 30.6 Å². The van der Waals surface area contributed by atoms with Crippen molar-refractivity contribution < 1.29 is 19.1 Å². The molecule has 1 aromatic carbocycles. The Labute approximate surface area is 110 Å². The molecule has 0 saturated heterocycles. The molecule has 7 nitrogen and oxygen atoms in total. The lowest BCUT2D eigenvalue weighted by atomic mass is 10.2. The Morgan fingerprint density at radius 3 is 3.11 bits per heavy atom. The lowest BCUT2D eigenvalue weighted by Gasteiger charge is -2.20. The summed E-state index contributed by atoms with van der Waals surface area (Å²) in [7, 11) is 1.34. The number of nitrogens with two attached hydrogens (primary N) is 1. The molecule has 0 radical (unpaired) electrons. The van der Waals surface area contributed by atoms with Gasteiger partial charge in [0.2, 0.25) is 0 Å². The van der Waals surface area contributed by atoms with Gasteiger partial charge in [0, 0.05) is 12.6 Å². The van der Waals surface area contributed by atoms with Crippen LogP contribution in [0.1, 0.15) is 6.42 Å². The van der Waals surface area contributed by atoms with Crippen LogP contribution in [0.4, 0.5) is 17.1 Å². The molecule has 0 bridgehead atoms. The summed E-state index contributed by atoms with van der Waals surface area (Å²) in [5, 5.41) is 5.70. The quantitative estimate of drug-likeness (QED) is 0.543. The van der Waals surface area contributed by atoms with Gasteiger partial charge in [-0.15, -0.1) is 0 Å². The van der Waals surface area contributed by atoms with Crippen molar-refractivity contribution in [1.29, 1.82) is 0 Å². The maximum absolute atomic E-state index is 11.2. The molecule has 2 rings (SSSR count). The minimum Gasteiger partial charge on any atom is -0.482 e. The van der Waals surface area contributed by atoms with Gasteiger partial charge in [0.25, 0.3) is 5.91 Å². The van der Waals surface area contributed by atoms with Gasteiger partial charge in [-0.05, 0) is 6.07 Å². The SMILES string of the molecule is COC(=O)CCNc1cc2c(cc1N)OCC(=O)N2. The highest BCUT2D eigenvalue weighted by atomic mass is 16.5. The minimum atomic E-state index is -0.305. The summed E-state index contributed by atoms with van der Waals surface area (Å²) in [6, 6.07) is 3.31. The molecular formula is C12H15N3O4. The number of nitrogens with one attached hydrogen (secondary N) is 2. The lowest BCUT2D eigenvalue weighted by molar-refractivity contribution is -0.140. The fourth-order valence-electron chi connectivity index (χ4n) is 1.70. The van der Waals surface area contributed by atoms with Crippen molar-refractivity contribution in [1.82, 2.24) is 0 Å². The van der Waals surface area contributed by atoms with Crippen LogP contribution in [0.5, 0.6) is 5.75 Å². The molecule has 19 heavy (non-hydrogen) atoms. The molecule has 4 N–H and O–H groups in total. The number of carbonyl (C=O) groups is 2. The lowest BCUT2D eigenvalue weighted by Crippen LogP contribution is -2.25. The minimum absolute atomic E-state index is 0.0123. The van der Waals surface area contributed by atoms with E-state index in [1.807, 2.05) is 0 Å². The molecule has 0 unspecified atom stereocenters.